The van der Waals surface area contributed by atoms with Crippen LogP contribution in [-0.2, 0) is 17.8 Å². The first-order valence-corrected chi connectivity index (χ1v) is 7.79. The summed E-state index contributed by atoms with van der Waals surface area (Å²) in [5.74, 6) is 0.119. The predicted octanol–water partition coefficient (Wildman–Crippen LogP) is 2.87. The number of benzene rings is 1. The second kappa shape index (κ2) is 6.89. The van der Waals surface area contributed by atoms with Crippen molar-refractivity contribution in [1.82, 2.24) is 4.90 Å². The van der Waals surface area contributed by atoms with Gasteiger partial charge in [-0.1, -0.05) is 44.5 Å². The van der Waals surface area contributed by atoms with Gasteiger partial charge in [0.2, 0.25) is 5.91 Å². The second-order valence-electron chi connectivity index (χ2n) is 5.76. The van der Waals surface area contributed by atoms with Gasteiger partial charge in [-0.15, -0.1) is 0 Å². The molecule has 0 aliphatic heterocycles. The summed E-state index contributed by atoms with van der Waals surface area (Å²) in [6.45, 7) is 4.92. The number of aryl methyl sites for hydroxylation is 1. The number of carbonyl (C=O) groups excluding carboxylic acids is 1. The van der Waals surface area contributed by atoms with Crippen molar-refractivity contribution in [3.8, 4) is 0 Å². The van der Waals surface area contributed by atoms with Crippen LogP contribution in [0.1, 0.15) is 50.7 Å². The molecule has 2 rings (SSSR count). The average Bonchev–Trinajstić information content (AvgIpc) is 3.29. The van der Waals surface area contributed by atoms with Gasteiger partial charge in [-0.25, -0.2) is 0 Å². The number of hydrogen-bond acceptors (Lipinski definition) is 2. The molecular formula is C17H26N2O. The number of amides is 1. The monoisotopic (exact) mass is 274 g/mol. The van der Waals surface area contributed by atoms with Gasteiger partial charge in [0.05, 0.1) is 6.04 Å². The third-order valence-electron chi connectivity index (χ3n) is 3.97. The Morgan fingerprint density at radius 2 is 1.85 bits per heavy atom. The molecule has 3 heteroatoms. The Labute approximate surface area is 122 Å². The fraction of sp³-hybridized carbons (Fsp3) is 0.588. The summed E-state index contributed by atoms with van der Waals surface area (Å²) in [4.78, 5) is 14.4. The topological polar surface area (TPSA) is 46.3 Å². The van der Waals surface area contributed by atoms with Crippen LogP contribution in [-0.4, -0.2) is 22.9 Å². The van der Waals surface area contributed by atoms with Crippen molar-refractivity contribution >= 4 is 5.91 Å². The molecule has 1 amide bonds. The quantitative estimate of drug-likeness (QED) is 0.831. The molecule has 0 aromatic heterocycles. The summed E-state index contributed by atoms with van der Waals surface area (Å²) in [6.07, 6.45) is 5.02. The minimum absolute atomic E-state index is 0.119. The first kappa shape index (κ1) is 15.0. The smallest absolute Gasteiger partial charge is 0.240 e. The Balaban J connectivity index is 2.03. The minimum Gasteiger partial charge on any atom is -0.334 e. The van der Waals surface area contributed by atoms with E-state index >= 15 is 0 Å². The van der Waals surface area contributed by atoms with Crippen LogP contribution in [0.25, 0.3) is 0 Å². The van der Waals surface area contributed by atoms with Gasteiger partial charge in [0, 0.05) is 12.6 Å². The number of carbonyl (C=O) groups is 1. The van der Waals surface area contributed by atoms with Gasteiger partial charge < -0.3 is 10.6 Å². The zero-order chi connectivity index (χ0) is 14.5. The molecule has 1 aliphatic carbocycles. The van der Waals surface area contributed by atoms with Crippen molar-refractivity contribution in [2.45, 2.75) is 64.6 Å². The summed E-state index contributed by atoms with van der Waals surface area (Å²) in [6, 6.07) is 8.64. The van der Waals surface area contributed by atoms with E-state index in [1.807, 2.05) is 4.90 Å². The van der Waals surface area contributed by atoms with Gasteiger partial charge in [0.1, 0.15) is 0 Å². The van der Waals surface area contributed by atoms with Gasteiger partial charge in [-0.05, 0) is 36.8 Å². The molecule has 0 saturated heterocycles. The van der Waals surface area contributed by atoms with Crippen molar-refractivity contribution in [1.29, 1.82) is 0 Å². The summed E-state index contributed by atoms with van der Waals surface area (Å²) in [7, 11) is 0. The summed E-state index contributed by atoms with van der Waals surface area (Å²) in [5.41, 5.74) is 8.54. The molecular weight excluding hydrogens is 248 g/mol. The van der Waals surface area contributed by atoms with Crippen LogP contribution in [0, 0.1) is 0 Å². The van der Waals surface area contributed by atoms with Gasteiger partial charge in [0.25, 0.3) is 0 Å². The molecule has 110 valence electrons. The molecule has 20 heavy (non-hydrogen) atoms. The van der Waals surface area contributed by atoms with Crippen molar-refractivity contribution in [2.24, 2.45) is 5.73 Å². The Morgan fingerprint density at radius 3 is 2.35 bits per heavy atom. The maximum atomic E-state index is 12.4. The maximum Gasteiger partial charge on any atom is 0.240 e. The lowest BCUT2D eigenvalue weighted by molar-refractivity contribution is -0.134. The lowest BCUT2D eigenvalue weighted by Gasteiger charge is -2.25. The van der Waals surface area contributed by atoms with E-state index in [1.54, 1.807) is 0 Å². The first-order chi connectivity index (χ1) is 9.65. The highest BCUT2D eigenvalue weighted by Crippen LogP contribution is 2.29. The van der Waals surface area contributed by atoms with Gasteiger partial charge in [0.15, 0.2) is 0 Å². The molecule has 0 heterocycles. The standard InChI is InChI=1S/C17H26N2O/c1-3-5-16(18)17(20)19(15-10-11-15)12-14-8-6-13(4-2)7-9-14/h6-9,15-16H,3-5,10-12,18H2,1-2H3/t16-/m1/s1. The maximum absolute atomic E-state index is 12.4. The van der Waals surface area contributed by atoms with E-state index in [-0.39, 0.29) is 11.9 Å². The third kappa shape index (κ3) is 3.83. The molecule has 3 nitrogen and oxygen atoms in total. The number of nitrogens with two attached hydrogens (primary N) is 1. The normalized spacial score (nSPS) is 15.9. The Bertz CT molecular complexity index is 437. The number of nitrogens with zero attached hydrogens (tertiary/aromatic N) is 1. The molecule has 0 unspecified atom stereocenters. The zero-order valence-corrected chi connectivity index (χ0v) is 12.6. The highest BCUT2D eigenvalue weighted by Gasteiger charge is 2.34. The lowest BCUT2D eigenvalue weighted by atomic mass is 10.1. The van der Waals surface area contributed by atoms with Crippen molar-refractivity contribution in [3.63, 3.8) is 0 Å². The first-order valence-electron chi connectivity index (χ1n) is 7.79. The van der Waals surface area contributed by atoms with E-state index < -0.39 is 0 Å². The van der Waals surface area contributed by atoms with Crippen LogP contribution < -0.4 is 5.73 Å². The van der Waals surface area contributed by atoms with Crippen molar-refractivity contribution in [2.75, 3.05) is 0 Å². The molecule has 0 bridgehead atoms. The largest absolute Gasteiger partial charge is 0.334 e. The van der Waals surface area contributed by atoms with E-state index in [9.17, 15) is 4.79 Å². The summed E-state index contributed by atoms with van der Waals surface area (Å²) >= 11 is 0. The molecule has 0 spiro atoms. The van der Waals surface area contributed by atoms with E-state index in [0.29, 0.717) is 12.6 Å². The Hall–Kier alpha value is -1.35. The molecule has 2 N–H and O–H groups in total. The molecule has 1 atom stereocenters. The van der Waals surface area contributed by atoms with Crippen LogP contribution >= 0.6 is 0 Å². The van der Waals surface area contributed by atoms with E-state index in [0.717, 1.165) is 32.1 Å². The molecule has 1 aromatic carbocycles. The Kier molecular flexibility index (Phi) is 5.18. The highest BCUT2D eigenvalue weighted by molar-refractivity contribution is 5.82. The van der Waals surface area contributed by atoms with E-state index in [2.05, 4.69) is 38.1 Å². The highest BCUT2D eigenvalue weighted by atomic mass is 16.2. The number of hydrogen-bond donors (Lipinski definition) is 1. The SMILES string of the molecule is CCC[C@@H](N)C(=O)N(Cc1ccc(CC)cc1)C1CC1. The second-order valence-corrected chi connectivity index (χ2v) is 5.76. The van der Waals surface area contributed by atoms with Gasteiger partial charge in [-0.3, -0.25) is 4.79 Å². The van der Waals surface area contributed by atoms with Gasteiger partial charge >= 0.3 is 0 Å². The third-order valence-corrected chi connectivity index (χ3v) is 3.97. The van der Waals surface area contributed by atoms with Crippen LogP contribution in [0.4, 0.5) is 0 Å². The van der Waals surface area contributed by atoms with Crippen LogP contribution in [0.15, 0.2) is 24.3 Å². The average molecular weight is 274 g/mol. The molecule has 1 saturated carbocycles. The number of rotatable bonds is 7. The minimum atomic E-state index is -0.337. The van der Waals surface area contributed by atoms with Crippen molar-refractivity contribution < 1.29 is 4.79 Å². The van der Waals surface area contributed by atoms with E-state index in [4.69, 9.17) is 5.73 Å². The fourth-order valence-electron chi connectivity index (χ4n) is 2.50. The Morgan fingerprint density at radius 1 is 1.25 bits per heavy atom. The lowest BCUT2D eigenvalue weighted by Crippen LogP contribution is -2.44. The molecule has 0 radical (unpaired) electrons. The summed E-state index contributed by atoms with van der Waals surface area (Å²) < 4.78 is 0. The van der Waals surface area contributed by atoms with Crippen LogP contribution in [0.2, 0.25) is 0 Å². The molecule has 1 aromatic rings. The summed E-state index contributed by atoms with van der Waals surface area (Å²) in [5, 5.41) is 0. The van der Waals surface area contributed by atoms with Crippen molar-refractivity contribution in [3.05, 3.63) is 35.4 Å². The molecule has 1 fully saturated rings. The van der Waals surface area contributed by atoms with E-state index in [1.165, 1.54) is 11.1 Å². The zero-order valence-electron chi connectivity index (χ0n) is 12.6. The predicted molar refractivity (Wildman–Crippen MR) is 82.3 cm³/mol. The van der Waals surface area contributed by atoms with Crippen LogP contribution in [0.5, 0.6) is 0 Å². The van der Waals surface area contributed by atoms with Crippen LogP contribution in [0.3, 0.4) is 0 Å². The fourth-order valence-corrected chi connectivity index (χ4v) is 2.50. The van der Waals surface area contributed by atoms with Gasteiger partial charge in [-0.2, -0.15) is 0 Å². The molecule has 1 aliphatic rings.